The summed E-state index contributed by atoms with van der Waals surface area (Å²) in [6, 6.07) is -0.889. The van der Waals surface area contributed by atoms with E-state index in [1.165, 1.54) is 238 Å². The lowest BCUT2D eigenvalue weighted by Gasteiger charge is -2.48. The maximum Gasteiger partial charge on any atom is 0.220 e. The van der Waals surface area contributed by atoms with E-state index in [-0.39, 0.29) is 18.9 Å². The van der Waals surface area contributed by atoms with Crippen molar-refractivity contribution in [3.8, 4) is 0 Å². The van der Waals surface area contributed by atoms with Crippen LogP contribution >= 0.6 is 0 Å². The van der Waals surface area contributed by atoms with Crippen LogP contribution in [0, 0.1) is 0 Å². The van der Waals surface area contributed by atoms with Gasteiger partial charge in [-0.2, -0.15) is 0 Å². The van der Waals surface area contributed by atoms with Crippen molar-refractivity contribution < 1.29 is 89.4 Å². The number of allylic oxidation sites excluding steroid dienone is 10. The minimum absolute atomic E-state index is 0.236. The fraction of sp³-hybridized carbons (Fsp3) is 0.872. The summed E-state index contributed by atoms with van der Waals surface area (Å²) in [5.74, 6) is -0.236. The Labute approximate surface area is 636 Å². The molecule has 3 saturated heterocycles. The molecule has 0 aliphatic carbocycles. The van der Waals surface area contributed by atoms with E-state index >= 15 is 0 Å². The van der Waals surface area contributed by atoms with Crippen LogP contribution in [0.4, 0.5) is 0 Å². The van der Waals surface area contributed by atoms with Gasteiger partial charge in [0, 0.05) is 6.42 Å². The van der Waals surface area contributed by atoms with Crippen LogP contribution in [0.15, 0.2) is 60.8 Å². The zero-order chi connectivity index (χ0) is 76.0. The van der Waals surface area contributed by atoms with Crippen LogP contribution in [-0.2, 0) is 33.2 Å². The molecule has 3 fully saturated rings. The zero-order valence-electron chi connectivity index (χ0n) is 66.0. The Morgan fingerprint density at radius 1 is 0.352 bits per heavy atom. The number of rotatable bonds is 69. The Kier molecular flexibility index (Phi) is 60.9. The minimum atomic E-state index is -1.97. The summed E-state index contributed by atoms with van der Waals surface area (Å²) in [6.07, 6.45) is 58.9. The first-order chi connectivity index (χ1) is 51.3. The molecule has 105 heavy (non-hydrogen) atoms. The average Bonchev–Trinajstić information content (AvgIpc) is 0.779. The number of aliphatic hydroxyl groups is 11. The van der Waals surface area contributed by atoms with Gasteiger partial charge in [-0.3, -0.25) is 4.79 Å². The molecule has 0 aromatic rings. The zero-order valence-corrected chi connectivity index (χ0v) is 66.0. The predicted molar refractivity (Wildman–Crippen MR) is 420 cm³/mol. The van der Waals surface area contributed by atoms with E-state index in [0.29, 0.717) is 12.8 Å². The number of unbranched alkanes of at least 4 members (excludes halogenated alkanes) is 43. The van der Waals surface area contributed by atoms with Crippen molar-refractivity contribution in [2.75, 3.05) is 26.4 Å². The molecule has 0 spiro atoms. The van der Waals surface area contributed by atoms with Crippen LogP contribution in [-0.4, -0.2) is 193 Å². The standard InChI is InChI=1S/C86H157NO18/c1-3-5-7-9-11-13-15-17-19-21-23-25-27-28-29-30-31-32-33-34-35-36-37-38-39-40-42-44-46-48-50-52-54-56-58-60-62-64-74(92)87-69(70(91)63-61-59-57-55-53-51-49-47-45-43-41-26-24-22-20-18-16-14-12-10-8-6-4-2)68-100-84-80(98)77(95)82(72(66-89)102-84)105-86-81(99)78(96)83(73(67-90)103-86)104-85-79(97)76(94)75(93)71(65-88)101-85/h5,7,11,13,17,19,23,25,28-29,69-73,75-86,88-91,93-99H,3-4,6,8-10,12,14-16,18,20-22,24,26-27,30-68H2,1-2H3,(H,87,92)/b7-5-,13-11-,19-17-,25-23-,29-28-. The van der Waals surface area contributed by atoms with Gasteiger partial charge in [0.05, 0.1) is 38.6 Å². The van der Waals surface area contributed by atoms with Crippen LogP contribution in [0.25, 0.3) is 0 Å². The summed E-state index contributed by atoms with van der Waals surface area (Å²) >= 11 is 0. The maximum atomic E-state index is 13.5. The molecule has 614 valence electrons. The Hall–Kier alpha value is -2.51. The van der Waals surface area contributed by atoms with Crippen molar-refractivity contribution >= 4 is 5.91 Å². The van der Waals surface area contributed by atoms with Crippen molar-refractivity contribution in [3.63, 3.8) is 0 Å². The number of hydrogen-bond acceptors (Lipinski definition) is 18. The van der Waals surface area contributed by atoms with E-state index in [4.69, 9.17) is 28.4 Å². The lowest BCUT2D eigenvalue weighted by Crippen LogP contribution is -2.66. The van der Waals surface area contributed by atoms with Gasteiger partial charge < -0.3 is 89.9 Å². The third-order valence-corrected chi connectivity index (χ3v) is 21.4. The number of carbonyl (C=O) groups is 1. The van der Waals surface area contributed by atoms with Crippen molar-refractivity contribution in [1.82, 2.24) is 5.32 Å². The summed E-state index contributed by atoms with van der Waals surface area (Å²) in [5, 5.41) is 121. The molecule has 0 bridgehead atoms. The quantitative estimate of drug-likeness (QED) is 0.0199. The van der Waals surface area contributed by atoms with Gasteiger partial charge in [0.15, 0.2) is 18.9 Å². The van der Waals surface area contributed by atoms with E-state index in [9.17, 15) is 61.0 Å². The third-order valence-electron chi connectivity index (χ3n) is 21.4. The summed E-state index contributed by atoms with van der Waals surface area (Å²) in [6.45, 7) is 1.74. The highest BCUT2D eigenvalue weighted by atomic mass is 16.8. The third kappa shape index (κ3) is 45.6. The molecule has 17 unspecified atom stereocenters. The van der Waals surface area contributed by atoms with Crippen molar-refractivity contribution in [2.24, 2.45) is 0 Å². The highest BCUT2D eigenvalue weighted by Gasteiger charge is 2.54. The fourth-order valence-corrected chi connectivity index (χ4v) is 14.5. The molecule has 17 atom stereocenters. The average molecular weight is 1490 g/mol. The molecule has 19 nitrogen and oxygen atoms in total. The van der Waals surface area contributed by atoms with Gasteiger partial charge in [-0.05, 0) is 57.8 Å². The molecule has 3 aliphatic heterocycles. The minimum Gasteiger partial charge on any atom is -0.394 e. The molecular weight excluding hydrogens is 1330 g/mol. The highest BCUT2D eigenvalue weighted by molar-refractivity contribution is 5.76. The summed E-state index contributed by atoms with van der Waals surface area (Å²) in [4.78, 5) is 13.5. The summed E-state index contributed by atoms with van der Waals surface area (Å²) < 4.78 is 34.6. The molecule has 3 heterocycles. The Morgan fingerprint density at radius 2 is 0.657 bits per heavy atom. The van der Waals surface area contributed by atoms with Crippen LogP contribution in [0.5, 0.6) is 0 Å². The van der Waals surface area contributed by atoms with E-state index in [2.05, 4.69) is 79.9 Å². The monoisotopic (exact) mass is 1490 g/mol. The van der Waals surface area contributed by atoms with Crippen LogP contribution < -0.4 is 5.32 Å². The van der Waals surface area contributed by atoms with Crippen molar-refractivity contribution in [1.29, 1.82) is 0 Å². The van der Waals surface area contributed by atoms with Crippen LogP contribution in [0.3, 0.4) is 0 Å². The topological polar surface area (TPSA) is 307 Å². The number of hydrogen-bond donors (Lipinski definition) is 12. The lowest BCUT2D eigenvalue weighted by atomic mass is 9.96. The first kappa shape index (κ1) is 96.7. The second-order valence-electron chi connectivity index (χ2n) is 30.6. The molecule has 0 aromatic heterocycles. The number of carbonyl (C=O) groups excluding carboxylic acids is 1. The predicted octanol–water partition coefficient (Wildman–Crippen LogP) is 15.4. The lowest BCUT2D eigenvalue weighted by molar-refractivity contribution is -0.379. The van der Waals surface area contributed by atoms with E-state index in [0.717, 1.165) is 77.0 Å². The van der Waals surface area contributed by atoms with Gasteiger partial charge in [0.2, 0.25) is 5.91 Å². The van der Waals surface area contributed by atoms with Gasteiger partial charge in [-0.1, -0.05) is 344 Å². The van der Waals surface area contributed by atoms with Gasteiger partial charge >= 0.3 is 0 Å². The molecule has 0 radical (unpaired) electrons. The molecule has 0 saturated carbocycles. The number of ether oxygens (including phenoxy) is 6. The smallest absolute Gasteiger partial charge is 0.220 e. The van der Waals surface area contributed by atoms with E-state index in [1.807, 2.05) is 0 Å². The maximum absolute atomic E-state index is 13.5. The molecule has 3 aliphatic rings. The SMILES string of the molecule is CC/C=C\C/C=C\C/C=C\C/C=C\C/C=C\CCCCCCCCCCCCCCCCCCCCCCCC(=O)NC(COC1OC(CO)C(OC2OC(CO)C(OC3OC(CO)C(O)C(O)C3O)C(O)C2O)C(O)C1O)C(O)CCCCCCCCCCCCCCCCCCCCCCCCC. The Balaban J connectivity index is 1.32. The summed E-state index contributed by atoms with van der Waals surface area (Å²) in [5.41, 5.74) is 0. The molecular formula is C86H157NO18. The Bertz CT molecular complexity index is 2130. The van der Waals surface area contributed by atoms with E-state index in [1.54, 1.807) is 0 Å². The first-order valence-electron chi connectivity index (χ1n) is 43.0. The summed E-state index contributed by atoms with van der Waals surface area (Å²) in [7, 11) is 0. The van der Waals surface area contributed by atoms with Gasteiger partial charge in [-0.15, -0.1) is 0 Å². The number of amides is 1. The highest BCUT2D eigenvalue weighted by Crippen LogP contribution is 2.33. The first-order valence-corrected chi connectivity index (χ1v) is 43.0. The molecule has 12 N–H and O–H groups in total. The van der Waals surface area contributed by atoms with Crippen LogP contribution in [0.1, 0.15) is 348 Å². The second-order valence-corrected chi connectivity index (χ2v) is 30.6. The van der Waals surface area contributed by atoms with Crippen molar-refractivity contribution in [3.05, 3.63) is 60.8 Å². The fourth-order valence-electron chi connectivity index (χ4n) is 14.5. The molecule has 3 rings (SSSR count). The number of nitrogens with one attached hydrogen (secondary N) is 1. The van der Waals surface area contributed by atoms with Crippen LogP contribution in [0.2, 0.25) is 0 Å². The van der Waals surface area contributed by atoms with Gasteiger partial charge in [-0.25, -0.2) is 0 Å². The van der Waals surface area contributed by atoms with Gasteiger partial charge in [0.1, 0.15) is 73.2 Å². The Morgan fingerprint density at radius 3 is 1.03 bits per heavy atom. The van der Waals surface area contributed by atoms with Gasteiger partial charge in [0.25, 0.3) is 0 Å². The molecule has 1 amide bonds. The van der Waals surface area contributed by atoms with E-state index < -0.39 is 124 Å². The molecule has 0 aromatic carbocycles. The van der Waals surface area contributed by atoms with Crippen molar-refractivity contribution in [2.45, 2.75) is 452 Å². The second kappa shape index (κ2) is 66.1. The molecule has 19 heteroatoms. The normalized spacial score (nSPS) is 26.0. The largest absolute Gasteiger partial charge is 0.394 e. The number of aliphatic hydroxyl groups excluding tert-OH is 11.